The highest BCUT2D eigenvalue weighted by molar-refractivity contribution is 7.99. The number of hydrogen-bond donors (Lipinski definition) is 1. The first-order valence-corrected chi connectivity index (χ1v) is 11.1. The van der Waals surface area contributed by atoms with Crippen molar-refractivity contribution in [1.82, 2.24) is 15.5 Å². The van der Waals surface area contributed by atoms with Crippen molar-refractivity contribution in [1.29, 1.82) is 0 Å². The summed E-state index contributed by atoms with van der Waals surface area (Å²) in [6.07, 6.45) is -0.512. The number of hydrogen-bond acceptors (Lipinski definition) is 6. The van der Waals surface area contributed by atoms with Crippen LogP contribution in [-0.4, -0.2) is 21.9 Å². The minimum Gasteiger partial charge on any atom is -0.481 e. The van der Waals surface area contributed by atoms with Gasteiger partial charge in [-0.2, -0.15) is 0 Å². The van der Waals surface area contributed by atoms with Crippen molar-refractivity contribution in [2.75, 3.05) is 5.75 Å². The van der Waals surface area contributed by atoms with Crippen molar-refractivity contribution in [2.45, 2.75) is 31.2 Å². The average molecular weight is 452 g/mol. The lowest BCUT2D eigenvalue weighted by atomic mass is 10.00. The molecule has 0 saturated heterocycles. The van der Waals surface area contributed by atoms with Crippen molar-refractivity contribution >= 4 is 28.4 Å². The number of ether oxygens (including phenoxy) is 1. The third kappa shape index (κ3) is 5.26. The average Bonchev–Trinajstić information content (AvgIpc) is 3.28. The van der Waals surface area contributed by atoms with E-state index in [0.717, 1.165) is 28.1 Å². The van der Waals surface area contributed by atoms with Gasteiger partial charge in [0.05, 0.1) is 11.8 Å². The molecule has 0 fully saturated rings. The molecule has 0 aliphatic rings. The van der Waals surface area contributed by atoms with E-state index in [1.54, 1.807) is 6.92 Å². The third-order valence-corrected chi connectivity index (χ3v) is 5.71. The van der Waals surface area contributed by atoms with Gasteiger partial charge in [0.2, 0.25) is 5.91 Å². The molecule has 164 valence electrons. The monoisotopic (exact) mass is 451 g/mol. The minimum absolute atomic E-state index is 0.134. The smallest absolute Gasteiger partial charge is 0.277 e. The van der Waals surface area contributed by atoms with Gasteiger partial charge in [0.15, 0.2) is 6.10 Å². The topological polar surface area (TPSA) is 77.2 Å². The van der Waals surface area contributed by atoms with Crippen molar-refractivity contribution in [2.24, 2.45) is 0 Å². The molecule has 0 saturated carbocycles. The van der Waals surface area contributed by atoms with Crippen LogP contribution in [0.5, 0.6) is 5.75 Å². The van der Waals surface area contributed by atoms with Crippen LogP contribution in [0.1, 0.15) is 37.4 Å². The number of benzene rings is 3. The summed E-state index contributed by atoms with van der Waals surface area (Å²) < 4.78 is 24.3. The zero-order valence-corrected chi connectivity index (χ0v) is 18.4. The van der Waals surface area contributed by atoms with Gasteiger partial charge in [0.1, 0.15) is 11.6 Å². The summed E-state index contributed by atoms with van der Waals surface area (Å²) in [7, 11) is 0. The number of nitrogens with zero attached hydrogens (tertiary/aromatic N) is 2. The largest absolute Gasteiger partial charge is 0.481 e. The SMILES string of the molecule is C[C@H](NC(=O)CSc1nnc([C@@H](C)Oc2ccc(F)cc2)o1)c1cccc2ccccc12. The van der Waals surface area contributed by atoms with E-state index < -0.39 is 6.10 Å². The molecule has 1 amide bonds. The number of thioether (sulfide) groups is 1. The van der Waals surface area contributed by atoms with Crippen LogP contribution < -0.4 is 10.1 Å². The normalized spacial score (nSPS) is 13.0. The molecule has 0 spiro atoms. The van der Waals surface area contributed by atoms with Crippen molar-refractivity contribution in [3.63, 3.8) is 0 Å². The zero-order valence-electron chi connectivity index (χ0n) is 17.6. The van der Waals surface area contributed by atoms with Crippen LogP contribution in [0.2, 0.25) is 0 Å². The molecule has 2 atom stereocenters. The Morgan fingerprint density at radius 2 is 1.81 bits per heavy atom. The molecule has 3 aromatic carbocycles. The van der Waals surface area contributed by atoms with E-state index in [2.05, 4.69) is 33.7 Å². The van der Waals surface area contributed by atoms with Crippen LogP contribution in [0.15, 0.2) is 76.4 Å². The number of amides is 1. The highest BCUT2D eigenvalue weighted by Crippen LogP contribution is 2.26. The molecule has 8 heteroatoms. The molecule has 0 aliphatic heterocycles. The number of carbonyl (C=O) groups is 1. The maximum Gasteiger partial charge on any atom is 0.277 e. The van der Waals surface area contributed by atoms with Gasteiger partial charge in [-0.25, -0.2) is 4.39 Å². The second kappa shape index (κ2) is 9.82. The number of carbonyl (C=O) groups excluding carboxylic acids is 1. The molecule has 0 bridgehead atoms. The Morgan fingerprint density at radius 3 is 2.62 bits per heavy atom. The van der Waals surface area contributed by atoms with E-state index in [1.807, 2.05) is 31.2 Å². The zero-order chi connectivity index (χ0) is 22.5. The fourth-order valence-electron chi connectivity index (χ4n) is 3.33. The quantitative estimate of drug-likeness (QED) is 0.358. The predicted octanol–water partition coefficient (Wildman–Crippen LogP) is 5.47. The molecule has 0 unspecified atom stereocenters. The summed E-state index contributed by atoms with van der Waals surface area (Å²) in [4.78, 5) is 12.5. The van der Waals surface area contributed by atoms with Gasteiger partial charge in [-0.15, -0.1) is 10.2 Å². The van der Waals surface area contributed by atoms with Gasteiger partial charge in [0.25, 0.3) is 11.1 Å². The Labute approximate surface area is 189 Å². The van der Waals surface area contributed by atoms with Gasteiger partial charge in [-0.3, -0.25) is 4.79 Å². The van der Waals surface area contributed by atoms with E-state index in [1.165, 1.54) is 24.3 Å². The van der Waals surface area contributed by atoms with Crippen molar-refractivity contribution < 1.29 is 18.3 Å². The highest BCUT2D eigenvalue weighted by atomic mass is 32.2. The molecule has 4 aromatic rings. The molecule has 6 nitrogen and oxygen atoms in total. The van der Waals surface area contributed by atoms with Gasteiger partial charge in [0, 0.05) is 0 Å². The van der Waals surface area contributed by atoms with Crippen LogP contribution >= 0.6 is 11.8 Å². The molecule has 32 heavy (non-hydrogen) atoms. The van der Waals surface area contributed by atoms with Crippen LogP contribution in [0.4, 0.5) is 4.39 Å². The fourth-order valence-corrected chi connectivity index (χ4v) is 3.91. The minimum atomic E-state index is -0.512. The highest BCUT2D eigenvalue weighted by Gasteiger charge is 2.18. The van der Waals surface area contributed by atoms with Crippen LogP contribution in [0.3, 0.4) is 0 Å². The predicted molar refractivity (Wildman–Crippen MR) is 121 cm³/mol. The van der Waals surface area contributed by atoms with Gasteiger partial charge in [-0.05, 0) is 54.4 Å². The summed E-state index contributed by atoms with van der Waals surface area (Å²) in [6, 6.07) is 19.7. The number of aromatic nitrogens is 2. The van der Waals surface area contributed by atoms with Gasteiger partial charge >= 0.3 is 0 Å². The number of rotatable bonds is 8. The molecular formula is C24H22FN3O3S. The van der Waals surface area contributed by atoms with E-state index in [9.17, 15) is 9.18 Å². The lowest BCUT2D eigenvalue weighted by molar-refractivity contribution is -0.119. The molecule has 4 rings (SSSR count). The summed E-state index contributed by atoms with van der Waals surface area (Å²) in [6.45, 7) is 3.72. The Hall–Kier alpha value is -3.39. The van der Waals surface area contributed by atoms with E-state index >= 15 is 0 Å². The summed E-state index contributed by atoms with van der Waals surface area (Å²) >= 11 is 1.16. The Balaban J connectivity index is 1.31. The molecule has 1 N–H and O–H groups in total. The number of fused-ring (bicyclic) bond motifs is 1. The Morgan fingerprint density at radius 1 is 1.06 bits per heavy atom. The lowest BCUT2D eigenvalue weighted by Gasteiger charge is -2.16. The third-order valence-electron chi connectivity index (χ3n) is 4.89. The molecule has 0 aliphatic carbocycles. The first kappa shape index (κ1) is 21.8. The molecule has 1 heterocycles. The van der Waals surface area contributed by atoms with Crippen LogP contribution in [-0.2, 0) is 4.79 Å². The number of halogens is 1. The first-order chi connectivity index (χ1) is 15.5. The van der Waals surface area contributed by atoms with Crippen molar-refractivity contribution in [3.05, 3.63) is 84.0 Å². The first-order valence-electron chi connectivity index (χ1n) is 10.1. The summed E-state index contributed by atoms with van der Waals surface area (Å²) in [5, 5.41) is 13.5. The molecule has 1 aromatic heterocycles. The van der Waals surface area contributed by atoms with Gasteiger partial charge < -0.3 is 14.5 Å². The Bertz CT molecular complexity index is 1210. The van der Waals surface area contributed by atoms with Crippen LogP contribution in [0, 0.1) is 5.82 Å². The molecule has 0 radical (unpaired) electrons. The maximum atomic E-state index is 13.0. The Kier molecular flexibility index (Phi) is 6.70. The second-order valence-corrected chi connectivity index (χ2v) is 8.19. The summed E-state index contributed by atoms with van der Waals surface area (Å²) in [5.41, 5.74) is 1.06. The second-order valence-electron chi connectivity index (χ2n) is 7.27. The number of nitrogens with one attached hydrogen (secondary N) is 1. The fraction of sp³-hybridized carbons (Fsp3) is 0.208. The standard InChI is InChI=1S/C24H22FN3O3S/c1-15(20-9-5-7-17-6-3-4-8-21(17)20)26-22(29)14-32-24-28-27-23(31-24)16(2)30-19-12-10-18(25)11-13-19/h3-13,15-16H,14H2,1-2H3,(H,26,29)/t15-,16+/m0/s1. The molecular weight excluding hydrogens is 429 g/mol. The van der Waals surface area contributed by atoms with Crippen molar-refractivity contribution in [3.8, 4) is 5.75 Å². The van der Waals surface area contributed by atoms with Crippen LogP contribution in [0.25, 0.3) is 10.8 Å². The van der Waals surface area contributed by atoms with Gasteiger partial charge in [-0.1, -0.05) is 54.2 Å². The van der Waals surface area contributed by atoms with E-state index in [4.69, 9.17) is 9.15 Å². The lowest BCUT2D eigenvalue weighted by Crippen LogP contribution is -2.28. The van der Waals surface area contributed by atoms with E-state index in [0.29, 0.717) is 5.75 Å². The van der Waals surface area contributed by atoms with E-state index in [-0.39, 0.29) is 34.6 Å². The summed E-state index contributed by atoms with van der Waals surface area (Å²) in [5.74, 6) is 0.444. The maximum absolute atomic E-state index is 13.0.